The molecule has 1 N–H and O–H groups in total. The molecule has 0 bridgehead atoms. The van der Waals surface area contributed by atoms with E-state index in [9.17, 15) is 13.2 Å². The van der Waals surface area contributed by atoms with Crippen LogP contribution in [0, 0.1) is 0 Å². The first kappa shape index (κ1) is 15.8. The number of hydrogen-bond acceptors (Lipinski definition) is 5. The van der Waals surface area contributed by atoms with Gasteiger partial charge in [-0.15, -0.1) is 0 Å². The molecule has 116 valence electrons. The van der Waals surface area contributed by atoms with Crippen LogP contribution in [0.4, 0.5) is 5.69 Å². The van der Waals surface area contributed by atoms with E-state index in [1.165, 1.54) is 32.4 Å². The van der Waals surface area contributed by atoms with Crippen molar-refractivity contribution in [1.29, 1.82) is 0 Å². The van der Waals surface area contributed by atoms with E-state index in [-0.39, 0.29) is 21.9 Å². The lowest BCUT2D eigenvalue weighted by Gasteiger charge is -2.13. The number of sulfonamides is 1. The van der Waals surface area contributed by atoms with E-state index >= 15 is 0 Å². The third-order valence-corrected chi connectivity index (χ3v) is 4.34. The maximum absolute atomic E-state index is 12.5. The standard InChI is InChI=1S/C15H15NO5S/c1-20-13-9-5-6-10-14(13)22(18,19)16-12-8-4-3-7-11(12)15(17)21-2/h3-10,16H,1-2H3. The van der Waals surface area contributed by atoms with Crippen molar-refractivity contribution >= 4 is 21.7 Å². The zero-order chi connectivity index (χ0) is 16.2. The molecule has 0 aliphatic heterocycles. The molecule has 0 saturated heterocycles. The Kier molecular flexibility index (Phi) is 4.67. The first-order chi connectivity index (χ1) is 10.5. The van der Waals surface area contributed by atoms with Crippen molar-refractivity contribution in [2.45, 2.75) is 4.90 Å². The van der Waals surface area contributed by atoms with Crippen molar-refractivity contribution in [2.24, 2.45) is 0 Å². The number of carbonyl (C=O) groups excluding carboxylic acids is 1. The number of nitrogens with one attached hydrogen (secondary N) is 1. The molecule has 0 spiro atoms. The number of ether oxygens (including phenoxy) is 2. The normalized spacial score (nSPS) is 10.8. The predicted molar refractivity (Wildman–Crippen MR) is 81.6 cm³/mol. The molecule has 2 rings (SSSR count). The number of benzene rings is 2. The molecule has 0 heterocycles. The van der Waals surface area contributed by atoms with E-state index < -0.39 is 16.0 Å². The van der Waals surface area contributed by atoms with E-state index in [2.05, 4.69) is 9.46 Å². The first-order valence-corrected chi connectivity index (χ1v) is 7.81. The van der Waals surface area contributed by atoms with Crippen LogP contribution in [0.5, 0.6) is 5.75 Å². The van der Waals surface area contributed by atoms with Crippen molar-refractivity contribution in [3.8, 4) is 5.75 Å². The first-order valence-electron chi connectivity index (χ1n) is 6.33. The fraction of sp³-hybridized carbons (Fsp3) is 0.133. The number of rotatable bonds is 5. The van der Waals surface area contributed by atoms with Crippen LogP contribution in [0.3, 0.4) is 0 Å². The minimum absolute atomic E-state index is 0.0165. The van der Waals surface area contributed by atoms with Gasteiger partial charge in [0.15, 0.2) is 0 Å². The van der Waals surface area contributed by atoms with Crippen molar-refractivity contribution in [1.82, 2.24) is 0 Å². The molecular formula is C15H15NO5S. The Hall–Kier alpha value is -2.54. The van der Waals surface area contributed by atoms with Crippen LogP contribution in [0.15, 0.2) is 53.4 Å². The molecule has 0 unspecified atom stereocenters. The zero-order valence-corrected chi connectivity index (χ0v) is 12.9. The summed E-state index contributed by atoms with van der Waals surface area (Å²) in [4.78, 5) is 11.7. The SMILES string of the molecule is COC(=O)c1ccccc1NS(=O)(=O)c1ccccc1OC. The summed E-state index contributed by atoms with van der Waals surface area (Å²) < 4.78 is 37.1. The van der Waals surface area contributed by atoms with Gasteiger partial charge in [-0.25, -0.2) is 13.2 Å². The van der Waals surface area contributed by atoms with E-state index in [1.807, 2.05) is 0 Å². The average Bonchev–Trinajstić information content (AvgIpc) is 2.54. The Morgan fingerprint density at radius 1 is 1.00 bits per heavy atom. The van der Waals surface area contributed by atoms with E-state index in [0.717, 1.165) is 0 Å². The number of para-hydroxylation sites is 2. The summed E-state index contributed by atoms with van der Waals surface area (Å²) in [5, 5.41) is 0. The number of methoxy groups -OCH3 is 2. The molecule has 0 aliphatic rings. The summed E-state index contributed by atoms with van der Waals surface area (Å²) in [6.45, 7) is 0. The van der Waals surface area contributed by atoms with Crippen molar-refractivity contribution < 1.29 is 22.7 Å². The topological polar surface area (TPSA) is 81.7 Å². The largest absolute Gasteiger partial charge is 0.495 e. The Morgan fingerprint density at radius 3 is 2.32 bits per heavy atom. The third kappa shape index (κ3) is 3.20. The average molecular weight is 321 g/mol. The maximum atomic E-state index is 12.5. The van der Waals surface area contributed by atoms with E-state index in [4.69, 9.17) is 4.74 Å². The van der Waals surface area contributed by atoms with Crippen molar-refractivity contribution in [3.63, 3.8) is 0 Å². The van der Waals surface area contributed by atoms with Gasteiger partial charge < -0.3 is 9.47 Å². The Morgan fingerprint density at radius 2 is 1.64 bits per heavy atom. The summed E-state index contributed by atoms with van der Waals surface area (Å²) in [5.74, 6) is -0.413. The highest BCUT2D eigenvalue weighted by Crippen LogP contribution is 2.26. The molecule has 0 amide bonds. The number of carbonyl (C=O) groups is 1. The van der Waals surface area contributed by atoms with Gasteiger partial charge in [-0.05, 0) is 24.3 Å². The van der Waals surface area contributed by atoms with Gasteiger partial charge in [0.05, 0.1) is 25.5 Å². The summed E-state index contributed by atoms with van der Waals surface area (Å²) in [5.41, 5.74) is 0.267. The van der Waals surface area contributed by atoms with Crippen LogP contribution in [0.25, 0.3) is 0 Å². The lowest BCUT2D eigenvalue weighted by molar-refractivity contribution is 0.0602. The molecule has 0 aromatic heterocycles. The van der Waals surface area contributed by atoms with Gasteiger partial charge in [-0.1, -0.05) is 24.3 Å². The number of anilines is 1. The lowest BCUT2D eigenvalue weighted by Crippen LogP contribution is -2.16. The molecule has 2 aromatic rings. The van der Waals surface area contributed by atoms with Crippen LogP contribution in [0.1, 0.15) is 10.4 Å². The van der Waals surface area contributed by atoms with Gasteiger partial charge in [0.2, 0.25) is 0 Å². The summed E-state index contributed by atoms with van der Waals surface area (Å²) in [6.07, 6.45) is 0. The maximum Gasteiger partial charge on any atom is 0.339 e. The molecule has 0 saturated carbocycles. The Bertz CT molecular complexity index is 786. The second kappa shape index (κ2) is 6.48. The number of esters is 1. The third-order valence-electron chi connectivity index (χ3n) is 2.94. The summed E-state index contributed by atoms with van der Waals surface area (Å²) in [6, 6.07) is 12.4. The van der Waals surface area contributed by atoms with Crippen molar-refractivity contribution in [3.05, 3.63) is 54.1 Å². The second-order valence-electron chi connectivity index (χ2n) is 4.29. The molecule has 0 atom stereocenters. The highest BCUT2D eigenvalue weighted by molar-refractivity contribution is 7.92. The zero-order valence-electron chi connectivity index (χ0n) is 12.1. The molecule has 6 nitrogen and oxygen atoms in total. The monoisotopic (exact) mass is 321 g/mol. The quantitative estimate of drug-likeness (QED) is 0.854. The predicted octanol–water partition coefficient (Wildman–Crippen LogP) is 2.28. The van der Waals surface area contributed by atoms with Crippen molar-refractivity contribution in [2.75, 3.05) is 18.9 Å². The molecular weight excluding hydrogens is 306 g/mol. The van der Waals surface area contributed by atoms with E-state index in [0.29, 0.717) is 0 Å². The molecule has 0 radical (unpaired) electrons. The highest BCUT2D eigenvalue weighted by Gasteiger charge is 2.21. The molecule has 0 aliphatic carbocycles. The smallest absolute Gasteiger partial charge is 0.339 e. The van der Waals surface area contributed by atoms with Crippen LogP contribution in [-0.4, -0.2) is 28.6 Å². The van der Waals surface area contributed by atoms with Crippen LogP contribution >= 0.6 is 0 Å². The van der Waals surface area contributed by atoms with Crippen LogP contribution < -0.4 is 9.46 Å². The summed E-state index contributed by atoms with van der Waals surface area (Å²) >= 11 is 0. The van der Waals surface area contributed by atoms with Crippen LogP contribution in [-0.2, 0) is 14.8 Å². The van der Waals surface area contributed by atoms with Gasteiger partial charge in [-0.3, -0.25) is 4.72 Å². The fourth-order valence-electron chi connectivity index (χ4n) is 1.90. The Labute approximate surface area is 128 Å². The Balaban J connectivity index is 2.44. The minimum atomic E-state index is -3.90. The molecule has 7 heteroatoms. The van der Waals surface area contributed by atoms with Gasteiger partial charge in [0, 0.05) is 0 Å². The number of hydrogen-bond donors (Lipinski definition) is 1. The van der Waals surface area contributed by atoms with Gasteiger partial charge in [0.25, 0.3) is 10.0 Å². The van der Waals surface area contributed by atoms with Crippen LogP contribution in [0.2, 0.25) is 0 Å². The fourth-order valence-corrected chi connectivity index (χ4v) is 3.15. The molecule has 0 fully saturated rings. The van der Waals surface area contributed by atoms with Gasteiger partial charge >= 0.3 is 5.97 Å². The second-order valence-corrected chi connectivity index (χ2v) is 5.94. The minimum Gasteiger partial charge on any atom is -0.495 e. The molecule has 22 heavy (non-hydrogen) atoms. The highest BCUT2D eigenvalue weighted by atomic mass is 32.2. The van der Waals surface area contributed by atoms with Gasteiger partial charge in [-0.2, -0.15) is 0 Å². The summed E-state index contributed by atoms with van der Waals surface area (Å²) in [7, 11) is -1.29. The molecule has 2 aromatic carbocycles. The lowest BCUT2D eigenvalue weighted by atomic mass is 10.2. The van der Waals surface area contributed by atoms with Gasteiger partial charge in [0.1, 0.15) is 10.6 Å². The van der Waals surface area contributed by atoms with E-state index in [1.54, 1.807) is 30.3 Å².